The van der Waals surface area contributed by atoms with Crippen LogP contribution >= 0.6 is 11.3 Å². The molecule has 0 amide bonds. The van der Waals surface area contributed by atoms with Gasteiger partial charge in [-0.1, -0.05) is 20.8 Å². The Balaban J connectivity index is 2.05. The summed E-state index contributed by atoms with van der Waals surface area (Å²) in [5, 5.41) is 17.9. The minimum absolute atomic E-state index is 0.0657. The third-order valence-electron chi connectivity index (χ3n) is 3.83. The van der Waals surface area contributed by atoms with Crippen LogP contribution in [0.1, 0.15) is 48.4 Å². The van der Waals surface area contributed by atoms with Crippen LogP contribution in [0.25, 0.3) is 0 Å². The molecule has 0 radical (unpaired) electrons. The zero-order valence-electron chi connectivity index (χ0n) is 13.8. The summed E-state index contributed by atoms with van der Waals surface area (Å²) in [6.07, 6.45) is 0.829. The summed E-state index contributed by atoms with van der Waals surface area (Å²) >= 11 is 1.64. The Morgan fingerprint density at radius 1 is 1.29 bits per heavy atom. The molecule has 116 valence electrons. The summed E-state index contributed by atoms with van der Waals surface area (Å²) in [7, 11) is 1.94. The number of aromatic nitrogens is 3. The quantitative estimate of drug-likeness (QED) is 0.945. The second-order valence-corrected chi connectivity index (χ2v) is 7.65. The number of hydrogen-bond acceptors (Lipinski definition) is 4. The second kappa shape index (κ2) is 5.89. The van der Waals surface area contributed by atoms with E-state index in [1.165, 1.54) is 0 Å². The highest BCUT2D eigenvalue weighted by molar-refractivity contribution is 7.09. The molecule has 0 spiro atoms. The first kappa shape index (κ1) is 16.2. The fourth-order valence-electron chi connectivity index (χ4n) is 2.37. The third-order valence-corrected chi connectivity index (χ3v) is 4.70. The number of hydrogen-bond donors (Lipinski definition) is 1. The fraction of sp³-hybridized carbons (Fsp3) is 0.625. The van der Waals surface area contributed by atoms with Crippen LogP contribution in [0.2, 0.25) is 0 Å². The Bertz CT molecular complexity index is 622. The zero-order chi connectivity index (χ0) is 15.8. The van der Waals surface area contributed by atoms with Crippen molar-refractivity contribution in [2.24, 2.45) is 7.05 Å². The van der Waals surface area contributed by atoms with Crippen LogP contribution in [0.4, 0.5) is 0 Å². The average Bonchev–Trinajstić information content (AvgIpc) is 2.90. The summed E-state index contributed by atoms with van der Waals surface area (Å²) in [6, 6.07) is 0. The van der Waals surface area contributed by atoms with Crippen LogP contribution in [-0.4, -0.2) is 26.0 Å². The molecule has 0 aliphatic heterocycles. The van der Waals surface area contributed by atoms with Crippen molar-refractivity contribution in [3.8, 4) is 0 Å². The van der Waals surface area contributed by atoms with Crippen molar-refractivity contribution in [1.82, 2.24) is 14.8 Å². The van der Waals surface area contributed by atoms with Crippen molar-refractivity contribution in [1.29, 1.82) is 0 Å². The molecule has 1 unspecified atom stereocenters. The maximum Gasteiger partial charge on any atom is 0.0954 e. The molecule has 0 aromatic carbocycles. The summed E-state index contributed by atoms with van der Waals surface area (Å²) < 4.78 is 1.87. The minimum atomic E-state index is -0.412. The lowest BCUT2D eigenvalue weighted by Crippen LogP contribution is -2.16. The number of thiazole rings is 1. The average molecular weight is 307 g/mol. The van der Waals surface area contributed by atoms with Gasteiger partial charge in [0.1, 0.15) is 0 Å². The predicted molar refractivity (Wildman–Crippen MR) is 86.9 cm³/mol. The van der Waals surface area contributed by atoms with Gasteiger partial charge >= 0.3 is 0 Å². The summed E-state index contributed by atoms with van der Waals surface area (Å²) in [6.45, 7) is 10.5. The van der Waals surface area contributed by atoms with E-state index < -0.39 is 6.10 Å². The Morgan fingerprint density at radius 3 is 2.43 bits per heavy atom. The second-order valence-electron chi connectivity index (χ2n) is 6.71. The van der Waals surface area contributed by atoms with Crippen LogP contribution in [0, 0.1) is 13.8 Å². The molecule has 2 aromatic rings. The minimum Gasteiger partial charge on any atom is -0.392 e. The van der Waals surface area contributed by atoms with E-state index in [-0.39, 0.29) is 5.41 Å². The van der Waals surface area contributed by atoms with Crippen LogP contribution in [-0.2, 0) is 25.3 Å². The van der Waals surface area contributed by atoms with E-state index in [9.17, 15) is 5.11 Å². The van der Waals surface area contributed by atoms with Gasteiger partial charge in [0.15, 0.2) is 0 Å². The molecule has 0 saturated heterocycles. The van der Waals surface area contributed by atoms with Crippen LogP contribution in [0.3, 0.4) is 0 Å². The first-order valence-corrected chi connectivity index (χ1v) is 8.18. The smallest absolute Gasteiger partial charge is 0.0954 e. The highest BCUT2D eigenvalue weighted by Crippen LogP contribution is 2.25. The number of rotatable bonds is 4. The van der Waals surface area contributed by atoms with Gasteiger partial charge in [0.2, 0.25) is 0 Å². The Hall–Kier alpha value is -1.20. The van der Waals surface area contributed by atoms with Gasteiger partial charge in [-0.25, -0.2) is 4.98 Å². The number of aliphatic hydroxyl groups excluding tert-OH is 1. The van der Waals surface area contributed by atoms with Crippen molar-refractivity contribution in [3.63, 3.8) is 0 Å². The van der Waals surface area contributed by atoms with E-state index in [2.05, 4.69) is 36.2 Å². The molecule has 2 rings (SSSR count). The first-order valence-electron chi connectivity index (χ1n) is 7.30. The van der Waals surface area contributed by atoms with Gasteiger partial charge in [0, 0.05) is 36.4 Å². The zero-order valence-corrected chi connectivity index (χ0v) is 14.6. The maximum atomic E-state index is 10.4. The summed E-state index contributed by atoms with van der Waals surface area (Å²) in [4.78, 5) is 4.65. The van der Waals surface area contributed by atoms with Crippen LogP contribution in [0.15, 0.2) is 5.38 Å². The number of aliphatic hydroxyl groups is 1. The van der Waals surface area contributed by atoms with E-state index in [0.717, 1.165) is 27.7 Å². The molecular formula is C16H25N3OS. The summed E-state index contributed by atoms with van der Waals surface area (Å²) in [5.41, 5.74) is 4.45. The van der Waals surface area contributed by atoms with Gasteiger partial charge in [-0.2, -0.15) is 5.10 Å². The highest BCUT2D eigenvalue weighted by Gasteiger charge is 2.20. The number of nitrogens with zero attached hydrogens (tertiary/aromatic N) is 3. The maximum absolute atomic E-state index is 10.4. The van der Waals surface area contributed by atoms with Gasteiger partial charge in [0.05, 0.1) is 22.5 Å². The van der Waals surface area contributed by atoms with E-state index in [0.29, 0.717) is 12.8 Å². The molecule has 0 fully saturated rings. The Morgan fingerprint density at radius 2 is 1.95 bits per heavy atom. The lowest BCUT2D eigenvalue weighted by Gasteiger charge is -2.14. The molecule has 21 heavy (non-hydrogen) atoms. The van der Waals surface area contributed by atoms with Gasteiger partial charge in [-0.05, 0) is 19.4 Å². The van der Waals surface area contributed by atoms with Gasteiger partial charge in [-0.15, -0.1) is 11.3 Å². The van der Waals surface area contributed by atoms with Crippen LogP contribution < -0.4 is 0 Å². The predicted octanol–water partition coefficient (Wildman–Crippen LogP) is 2.94. The van der Waals surface area contributed by atoms with Gasteiger partial charge in [0.25, 0.3) is 0 Å². The molecule has 4 nitrogen and oxygen atoms in total. The Kier molecular flexibility index (Phi) is 4.54. The molecular weight excluding hydrogens is 282 g/mol. The fourth-order valence-corrected chi connectivity index (χ4v) is 3.46. The van der Waals surface area contributed by atoms with Gasteiger partial charge in [-0.3, -0.25) is 4.68 Å². The van der Waals surface area contributed by atoms with Crippen LogP contribution in [0.5, 0.6) is 0 Å². The molecule has 1 N–H and O–H groups in total. The van der Waals surface area contributed by atoms with Crippen molar-refractivity contribution >= 4 is 11.3 Å². The molecule has 1 atom stereocenters. The standard InChI is InChI=1S/C16H25N3OS/c1-10-13(11(2)19(6)18-10)7-12(20)8-15-17-14(9-21-15)16(3,4)5/h9,12,20H,7-8H2,1-6H3. The number of aryl methyl sites for hydroxylation is 2. The van der Waals surface area contributed by atoms with E-state index in [1.54, 1.807) is 11.3 Å². The topological polar surface area (TPSA) is 50.9 Å². The lowest BCUT2D eigenvalue weighted by atomic mass is 9.93. The van der Waals surface area contributed by atoms with Crippen molar-refractivity contribution in [3.05, 3.63) is 33.0 Å². The first-order chi connectivity index (χ1) is 9.68. The molecule has 5 heteroatoms. The lowest BCUT2D eigenvalue weighted by molar-refractivity contribution is 0.175. The molecule has 2 aromatic heterocycles. The van der Waals surface area contributed by atoms with E-state index in [4.69, 9.17) is 0 Å². The van der Waals surface area contributed by atoms with Crippen molar-refractivity contribution in [2.75, 3.05) is 0 Å². The molecule has 0 aliphatic rings. The highest BCUT2D eigenvalue weighted by atomic mass is 32.1. The third kappa shape index (κ3) is 3.71. The largest absolute Gasteiger partial charge is 0.392 e. The molecule has 0 bridgehead atoms. The van der Waals surface area contributed by atoms with E-state index in [1.807, 2.05) is 25.6 Å². The van der Waals surface area contributed by atoms with Gasteiger partial charge < -0.3 is 5.11 Å². The Labute approximate surface area is 130 Å². The molecule has 0 aliphatic carbocycles. The normalized spacial score (nSPS) is 13.7. The summed E-state index contributed by atoms with van der Waals surface area (Å²) in [5.74, 6) is 0. The van der Waals surface area contributed by atoms with Crippen molar-refractivity contribution in [2.45, 2.75) is 59.0 Å². The molecule has 2 heterocycles. The van der Waals surface area contributed by atoms with Crippen molar-refractivity contribution < 1.29 is 5.11 Å². The van der Waals surface area contributed by atoms with E-state index >= 15 is 0 Å². The SMILES string of the molecule is Cc1nn(C)c(C)c1CC(O)Cc1nc(C(C)(C)C)cs1. The monoisotopic (exact) mass is 307 g/mol. The molecule has 0 saturated carbocycles.